The Hall–Kier alpha value is -2.44. The topological polar surface area (TPSA) is 67.2 Å². The Balaban J connectivity index is 1.88. The predicted molar refractivity (Wildman–Crippen MR) is 68.7 cm³/mol. The van der Waals surface area contributed by atoms with E-state index in [1.54, 1.807) is 13.1 Å². The molecule has 0 unspecified atom stereocenters. The van der Waals surface area contributed by atoms with Crippen LogP contribution in [0.15, 0.2) is 18.3 Å². The van der Waals surface area contributed by atoms with Crippen molar-refractivity contribution < 1.29 is 14.0 Å². The van der Waals surface area contributed by atoms with Gasteiger partial charge in [-0.3, -0.25) is 9.48 Å². The summed E-state index contributed by atoms with van der Waals surface area (Å²) in [6, 6.07) is 2.53. The number of fused-ring (bicyclic) bond motifs is 1. The molecule has 1 saturated heterocycles. The molecule has 2 aliphatic rings. The minimum atomic E-state index is -0.784. The minimum absolute atomic E-state index is 0.0169. The number of nitrogens with one attached hydrogen (secondary N) is 1. The molecule has 1 aromatic heterocycles. The van der Waals surface area contributed by atoms with Crippen molar-refractivity contribution in [2.75, 3.05) is 4.90 Å². The highest BCUT2D eigenvalue weighted by Crippen LogP contribution is 2.43. The summed E-state index contributed by atoms with van der Waals surface area (Å²) in [5.41, 5.74) is -0.191. The average molecular weight is 274 g/mol. The number of aromatic nitrogens is 2. The third-order valence-electron chi connectivity index (χ3n) is 4.00. The molecule has 0 bridgehead atoms. The molecule has 3 amide bonds. The van der Waals surface area contributed by atoms with E-state index in [0.29, 0.717) is 23.7 Å². The van der Waals surface area contributed by atoms with Crippen molar-refractivity contribution in [1.29, 1.82) is 0 Å². The summed E-state index contributed by atoms with van der Waals surface area (Å²) < 4.78 is 16.1. The summed E-state index contributed by atoms with van der Waals surface area (Å²) in [6.07, 6.45) is 2.62. The number of urea groups is 1. The molecule has 1 N–H and O–H groups in total. The van der Waals surface area contributed by atoms with Gasteiger partial charge in [0.2, 0.25) is 0 Å². The molecule has 102 valence electrons. The second kappa shape index (κ2) is 3.36. The summed E-state index contributed by atoms with van der Waals surface area (Å²) in [4.78, 5) is 25.1. The lowest BCUT2D eigenvalue weighted by Crippen LogP contribution is -2.32. The number of amides is 3. The van der Waals surface area contributed by atoms with Gasteiger partial charge in [0.1, 0.15) is 5.54 Å². The Labute approximate surface area is 113 Å². The highest BCUT2D eigenvalue weighted by molar-refractivity contribution is 6.25. The third-order valence-corrected chi connectivity index (χ3v) is 4.00. The predicted octanol–water partition coefficient (Wildman–Crippen LogP) is 1.30. The van der Waals surface area contributed by atoms with E-state index in [2.05, 4.69) is 10.4 Å². The van der Waals surface area contributed by atoms with Crippen molar-refractivity contribution >= 4 is 28.5 Å². The number of rotatable bonds is 1. The van der Waals surface area contributed by atoms with Gasteiger partial charge in [-0.15, -0.1) is 0 Å². The first-order valence-corrected chi connectivity index (χ1v) is 6.30. The van der Waals surface area contributed by atoms with Crippen molar-refractivity contribution in [1.82, 2.24) is 15.1 Å². The number of anilines is 1. The van der Waals surface area contributed by atoms with Gasteiger partial charge in [0.05, 0.1) is 22.8 Å². The van der Waals surface area contributed by atoms with Gasteiger partial charge in [-0.05, 0) is 25.0 Å². The van der Waals surface area contributed by atoms with Crippen LogP contribution >= 0.6 is 0 Å². The van der Waals surface area contributed by atoms with Crippen LogP contribution < -0.4 is 10.2 Å². The maximum absolute atomic E-state index is 14.5. The van der Waals surface area contributed by atoms with E-state index in [1.165, 1.54) is 16.9 Å². The summed E-state index contributed by atoms with van der Waals surface area (Å²) in [5.74, 6) is -0.971. The number of carbonyl (C=O) groups is 2. The number of halogens is 1. The quantitative estimate of drug-likeness (QED) is 0.797. The normalized spacial score (nSPS) is 20.0. The number of hydrogen-bond donors (Lipinski definition) is 1. The molecule has 2 heterocycles. The molecule has 6 nitrogen and oxygen atoms in total. The van der Waals surface area contributed by atoms with Crippen LogP contribution in [0.3, 0.4) is 0 Å². The zero-order chi connectivity index (χ0) is 14.1. The SMILES string of the molecule is Cn1ncc2c(F)c(N3C(=O)NC4(CC4)C3=O)ccc21. The van der Waals surface area contributed by atoms with E-state index in [9.17, 15) is 14.0 Å². The average Bonchev–Trinajstić information content (AvgIpc) is 3.03. The lowest BCUT2D eigenvalue weighted by Gasteiger charge is -2.14. The zero-order valence-electron chi connectivity index (χ0n) is 10.7. The molecule has 1 aliphatic heterocycles. The van der Waals surface area contributed by atoms with Crippen LogP contribution in [-0.4, -0.2) is 27.3 Å². The van der Waals surface area contributed by atoms with E-state index in [-0.39, 0.29) is 11.6 Å². The molecule has 1 saturated carbocycles. The van der Waals surface area contributed by atoms with Crippen LogP contribution in [0.2, 0.25) is 0 Å². The largest absolute Gasteiger partial charge is 0.329 e. The van der Waals surface area contributed by atoms with Crippen molar-refractivity contribution in [3.8, 4) is 0 Å². The van der Waals surface area contributed by atoms with Crippen LogP contribution in [-0.2, 0) is 11.8 Å². The summed E-state index contributed by atoms with van der Waals surface area (Å²) >= 11 is 0. The van der Waals surface area contributed by atoms with Gasteiger partial charge in [-0.1, -0.05) is 0 Å². The first kappa shape index (κ1) is 11.4. The molecular formula is C13H11FN4O2. The minimum Gasteiger partial charge on any atom is -0.323 e. The molecule has 4 rings (SSSR count). The first-order chi connectivity index (χ1) is 9.53. The third kappa shape index (κ3) is 1.24. The monoisotopic (exact) mass is 274 g/mol. The van der Waals surface area contributed by atoms with E-state index in [1.807, 2.05) is 0 Å². The molecule has 0 radical (unpaired) electrons. The van der Waals surface area contributed by atoms with Gasteiger partial charge in [0.25, 0.3) is 5.91 Å². The fourth-order valence-corrected chi connectivity index (χ4v) is 2.66. The highest BCUT2D eigenvalue weighted by atomic mass is 19.1. The van der Waals surface area contributed by atoms with Crippen LogP contribution in [0.4, 0.5) is 14.9 Å². The van der Waals surface area contributed by atoms with Gasteiger partial charge in [-0.2, -0.15) is 5.10 Å². The molecule has 2 aromatic rings. The van der Waals surface area contributed by atoms with Crippen LogP contribution in [0, 0.1) is 5.82 Å². The molecule has 1 spiro atoms. The number of imide groups is 1. The summed E-state index contributed by atoms with van der Waals surface area (Å²) in [7, 11) is 1.70. The molecule has 1 aromatic carbocycles. The molecule has 2 fully saturated rings. The molecular weight excluding hydrogens is 263 g/mol. The molecule has 1 aliphatic carbocycles. The molecule has 0 atom stereocenters. The Kier molecular flexibility index (Phi) is 1.91. The zero-order valence-corrected chi connectivity index (χ0v) is 10.7. The lowest BCUT2D eigenvalue weighted by atomic mass is 10.2. The van der Waals surface area contributed by atoms with E-state index in [4.69, 9.17) is 0 Å². The Morgan fingerprint density at radius 1 is 1.35 bits per heavy atom. The van der Waals surface area contributed by atoms with Gasteiger partial charge >= 0.3 is 6.03 Å². The van der Waals surface area contributed by atoms with Crippen molar-refractivity contribution in [2.45, 2.75) is 18.4 Å². The van der Waals surface area contributed by atoms with Crippen molar-refractivity contribution in [3.05, 3.63) is 24.1 Å². The molecule has 7 heteroatoms. The van der Waals surface area contributed by atoms with Crippen LogP contribution in [0.25, 0.3) is 10.9 Å². The maximum Gasteiger partial charge on any atom is 0.329 e. The first-order valence-electron chi connectivity index (χ1n) is 6.30. The van der Waals surface area contributed by atoms with Crippen molar-refractivity contribution in [3.63, 3.8) is 0 Å². The fraction of sp³-hybridized carbons (Fsp3) is 0.308. The Bertz CT molecular complexity index is 778. The lowest BCUT2D eigenvalue weighted by molar-refractivity contribution is -0.119. The van der Waals surface area contributed by atoms with E-state index >= 15 is 0 Å². The van der Waals surface area contributed by atoms with E-state index < -0.39 is 17.4 Å². The Morgan fingerprint density at radius 3 is 2.75 bits per heavy atom. The van der Waals surface area contributed by atoms with Gasteiger partial charge in [0, 0.05) is 7.05 Å². The second-order valence-electron chi connectivity index (χ2n) is 5.25. The highest BCUT2D eigenvalue weighted by Gasteiger charge is 2.60. The summed E-state index contributed by atoms with van der Waals surface area (Å²) in [6.45, 7) is 0. The fourth-order valence-electron chi connectivity index (χ4n) is 2.66. The van der Waals surface area contributed by atoms with Gasteiger partial charge < -0.3 is 5.32 Å². The Morgan fingerprint density at radius 2 is 2.10 bits per heavy atom. The summed E-state index contributed by atoms with van der Waals surface area (Å²) in [5, 5.41) is 6.90. The van der Waals surface area contributed by atoms with Crippen molar-refractivity contribution in [2.24, 2.45) is 7.05 Å². The number of nitrogens with zero attached hydrogens (tertiary/aromatic N) is 3. The van der Waals surface area contributed by atoms with E-state index in [0.717, 1.165) is 4.90 Å². The second-order valence-corrected chi connectivity index (χ2v) is 5.25. The standard InChI is InChI=1S/C13H11FN4O2/c1-17-8-2-3-9(10(14)7(8)6-15-17)18-11(19)13(4-5-13)16-12(18)20/h2-3,6H,4-5H2,1H3,(H,16,20). The van der Waals surface area contributed by atoms with Gasteiger partial charge in [-0.25, -0.2) is 14.1 Å². The molecule has 20 heavy (non-hydrogen) atoms. The van der Waals surface area contributed by atoms with Gasteiger partial charge in [0.15, 0.2) is 5.82 Å². The van der Waals surface area contributed by atoms with Crippen LogP contribution in [0.5, 0.6) is 0 Å². The number of carbonyl (C=O) groups excluding carboxylic acids is 2. The maximum atomic E-state index is 14.5. The number of hydrogen-bond acceptors (Lipinski definition) is 3. The smallest absolute Gasteiger partial charge is 0.323 e. The number of aryl methyl sites for hydroxylation is 1. The van der Waals surface area contributed by atoms with Crippen LogP contribution in [0.1, 0.15) is 12.8 Å². The number of benzene rings is 1.